The van der Waals surface area contributed by atoms with Crippen LogP contribution in [0.5, 0.6) is 0 Å². The lowest BCUT2D eigenvalue weighted by Gasteiger charge is -2.40. The van der Waals surface area contributed by atoms with Gasteiger partial charge in [-0.1, -0.05) is 26.7 Å². The number of ether oxygens (including phenoxy) is 1. The van der Waals surface area contributed by atoms with Crippen LogP contribution in [-0.4, -0.2) is 31.2 Å². The number of nitrogens with zero attached hydrogens (tertiary/aromatic N) is 1. The van der Waals surface area contributed by atoms with Gasteiger partial charge < -0.3 is 9.64 Å². The van der Waals surface area contributed by atoms with Crippen LogP contribution in [0, 0.1) is 5.41 Å². The largest absolute Gasteiger partial charge is 0.453 e. The van der Waals surface area contributed by atoms with Crippen LogP contribution < -0.4 is 0 Å². The Morgan fingerprint density at radius 2 is 1.79 bits per heavy atom. The Kier molecular flexibility index (Phi) is 3.78. The highest BCUT2D eigenvalue weighted by Crippen LogP contribution is 2.37. The third-order valence-electron chi connectivity index (χ3n) is 3.76. The zero-order chi connectivity index (χ0) is 10.6. The van der Waals surface area contributed by atoms with Gasteiger partial charge in [0.1, 0.15) is 0 Å². The monoisotopic (exact) mass is 199 g/mol. The summed E-state index contributed by atoms with van der Waals surface area (Å²) in [5.74, 6) is 0. The van der Waals surface area contributed by atoms with Gasteiger partial charge in [-0.3, -0.25) is 0 Å². The number of piperidine rings is 1. The van der Waals surface area contributed by atoms with Crippen molar-refractivity contribution in [3.63, 3.8) is 0 Å². The van der Waals surface area contributed by atoms with E-state index in [2.05, 4.69) is 13.8 Å². The SMILES string of the molecule is CCC1(CC)CCN(C(=O)OC)CC1. The summed E-state index contributed by atoms with van der Waals surface area (Å²) in [6.45, 7) is 6.21. The quantitative estimate of drug-likeness (QED) is 0.684. The summed E-state index contributed by atoms with van der Waals surface area (Å²) in [6.07, 6.45) is 4.51. The van der Waals surface area contributed by atoms with Crippen LogP contribution in [0.15, 0.2) is 0 Å². The predicted octanol–water partition coefficient (Wildman–Crippen LogP) is 2.66. The number of amides is 1. The molecule has 1 heterocycles. The molecule has 0 atom stereocenters. The van der Waals surface area contributed by atoms with E-state index in [0.29, 0.717) is 5.41 Å². The van der Waals surface area contributed by atoms with Crippen molar-refractivity contribution in [1.82, 2.24) is 4.90 Å². The van der Waals surface area contributed by atoms with E-state index in [1.807, 2.05) is 4.90 Å². The highest BCUT2D eigenvalue weighted by Gasteiger charge is 2.32. The number of hydrogen-bond donors (Lipinski definition) is 0. The molecule has 0 unspecified atom stereocenters. The van der Waals surface area contributed by atoms with E-state index in [9.17, 15) is 4.79 Å². The third kappa shape index (κ3) is 2.20. The Hall–Kier alpha value is -0.730. The van der Waals surface area contributed by atoms with Crippen LogP contribution >= 0.6 is 0 Å². The van der Waals surface area contributed by atoms with E-state index >= 15 is 0 Å². The molecule has 1 aliphatic heterocycles. The molecule has 14 heavy (non-hydrogen) atoms. The fraction of sp³-hybridized carbons (Fsp3) is 0.909. The van der Waals surface area contributed by atoms with Gasteiger partial charge in [-0.15, -0.1) is 0 Å². The maximum absolute atomic E-state index is 11.3. The molecule has 3 nitrogen and oxygen atoms in total. The van der Waals surface area contributed by atoms with Crippen LogP contribution in [0.1, 0.15) is 39.5 Å². The van der Waals surface area contributed by atoms with Gasteiger partial charge in [0.05, 0.1) is 7.11 Å². The lowest BCUT2D eigenvalue weighted by atomic mass is 9.74. The number of carbonyl (C=O) groups is 1. The molecule has 1 fully saturated rings. The molecule has 0 aromatic heterocycles. The zero-order valence-corrected chi connectivity index (χ0v) is 9.51. The average Bonchev–Trinajstić information content (AvgIpc) is 2.28. The third-order valence-corrected chi connectivity index (χ3v) is 3.76. The van der Waals surface area contributed by atoms with Crippen LogP contribution in [0.3, 0.4) is 0 Å². The number of rotatable bonds is 2. The molecule has 1 aliphatic rings. The Morgan fingerprint density at radius 3 is 2.14 bits per heavy atom. The molecule has 0 saturated carbocycles. The summed E-state index contributed by atoms with van der Waals surface area (Å²) in [5, 5.41) is 0. The van der Waals surface area contributed by atoms with E-state index in [1.165, 1.54) is 20.0 Å². The molecule has 82 valence electrons. The Balaban J connectivity index is 2.48. The average molecular weight is 199 g/mol. The molecule has 1 amide bonds. The minimum absolute atomic E-state index is 0.175. The van der Waals surface area contributed by atoms with E-state index < -0.39 is 0 Å². The van der Waals surface area contributed by atoms with Crippen molar-refractivity contribution < 1.29 is 9.53 Å². The van der Waals surface area contributed by atoms with Crippen molar-refractivity contribution in [2.75, 3.05) is 20.2 Å². The molecule has 1 saturated heterocycles. The van der Waals surface area contributed by atoms with Gasteiger partial charge in [0.15, 0.2) is 0 Å². The first-order valence-electron chi connectivity index (χ1n) is 5.50. The molecular formula is C11H21NO2. The minimum Gasteiger partial charge on any atom is -0.453 e. The lowest BCUT2D eigenvalue weighted by molar-refractivity contribution is 0.0733. The normalized spacial score (nSPS) is 20.6. The molecule has 0 aliphatic carbocycles. The minimum atomic E-state index is -0.175. The van der Waals surface area contributed by atoms with Crippen LogP contribution in [0.2, 0.25) is 0 Å². The van der Waals surface area contributed by atoms with Gasteiger partial charge in [0, 0.05) is 13.1 Å². The van der Waals surface area contributed by atoms with E-state index in [1.54, 1.807) is 0 Å². The molecule has 0 radical (unpaired) electrons. The Labute approximate surface area is 86.4 Å². The lowest BCUT2D eigenvalue weighted by Crippen LogP contribution is -2.42. The molecule has 0 aromatic rings. The first-order valence-corrected chi connectivity index (χ1v) is 5.50. The van der Waals surface area contributed by atoms with Gasteiger partial charge in [-0.25, -0.2) is 4.79 Å². The zero-order valence-electron chi connectivity index (χ0n) is 9.51. The smallest absolute Gasteiger partial charge is 0.409 e. The molecule has 0 spiro atoms. The number of carbonyl (C=O) groups excluding carboxylic acids is 1. The highest BCUT2D eigenvalue weighted by molar-refractivity contribution is 5.67. The van der Waals surface area contributed by atoms with Gasteiger partial charge >= 0.3 is 6.09 Å². The van der Waals surface area contributed by atoms with Crippen LogP contribution in [0.25, 0.3) is 0 Å². The molecule has 0 aromatic carbocycles. The molecule has 0 N–H and O–H groups in total. The van der Waals surface area contributed by atoms with E-state index in [4.69, 9.17) is 4.74 Å². The number of hydrogen-bond acceptors (Lipinski definition) is 2. The van der Waals surface area contributed by atoms with Crippen molar-refractivity contribution in [2.24, 2.45) is 5.41 Å². The summed E-state index contributed by atoms with van der Waals surface area (Å²) in [6, 6.07) is 0. The van der Waals surface area contributed by atoms with Crippen LogP contribution in [0.4, 0.5) is 4.79 Å². The van der Waals surface area contributed by atoms with Gasteiger partial charge in [0.2, 0.25) is 0 Å². The van der Waals surface area contributed by atoms with Crippen molar-refractivity contribution >= 4 is 6.09 Å². The second kappa shape index (κ2) is 4.67. The second-order valence-electron chi connectivity index (χ2n) is 4.16. The first kappa shape index (κ1) is 11.3. The molecule has 0 bridgehead atoms. The fourth-order valence-electron chi connectivity index (χ4n) is 2.25. The van der Waals surface area contributed by atoms with Crippen molar-refractivity contribution in [3.05, 3.63) is 0 Å². The first-order chi connectivity index (χ1) is 6.67. The Morgan fingerprint density at radius 1 is 1.29 bits per heavy atom. The standard InChI is InChI=1S/C11H21NO2/c1-4-11(5-2)6-8-12(9-7-11)10(13)14-3/h4-9H2,1-3H3. The number of methoxy groups -OCH3 is 1. The van der Waals surface area contributed by atoms with Crippen LogP contribution in [-0.2, 0) is 4.74 Å². The summed E-state index contributed by atoms with van der Waals surface area (Å²) < 4.78 is 4.71. The Bertz CT molecular complexity index is 189. The van der Waals surface area contributed by atoms with Crippen molar-refractivity contribution in [1.29, 1.82) is 0 Å². The number of likely N-dealkylation sites (tertiary alicyclic amines) is 1. The summed E-state index contributed by atoms with van der Waals surface area (Å²) >= 11 is 0. The fourth-order valence-corrected chi connectivity index (χ4v) is 2.25. The molecular weight excluding hydrogens is 178 g/mol. The van der Waals surface area contributed by atoms with E-state index in [0.717, 1.165) is 25.9 Å². The predicted molar refractivity (Wildman–Crippen MR) is 56.2 cm³/mol. The van der Waals surface area contributed by atoms with E-state index in [-0.39, 0.29) is 6.09 Å². The topological polar surface area (TPSA) is 29.5 Å². The second-order valence-corrected chi connectivity index (χ2v) is 4.16. The van der Waals surface area contributed by atoms with Crippen molar-refractivity contribution in [2.45, 2.75) is 39.5 Å². The van der Waals surface area contributed by atoms with Gasteiger partial charge in [-0.2, -0.15) is 0 Å². The summed E-state index contributed by atoms with van der Waals surface area (Å²) in [5.41, 5.74) is 0.477. The summed E-state index contributed by atoms with van der Waals surface area (Å²) in [4.78, 5) is 13.1. The highest BCUT2D eigenvalue weighted by atomic mass is 16.5. The summed E-state index contributed by atoms with van der Waals surface area (Å²) in [7, 11) is 1.45. The molecule has 3 heteroatoms. The maximum atomic E-state index is 11.3. The van der Waals surface area contributed by atoms with Gasteiger partial charge in [0.25, 0.3) is 0 Å². The van der Waals surface area contributed by atoms with Gasteiger partial charge in [-0.05, 0) is 18.3 Å². The molecule has 1 rings (SSSR count). The van der Waals surface area contributed by atoms with Crippen molar-refractivity contribution in [3.8, 4) is 0 Å². The maximum Gasteiger partial charge on any atom is 0.409 e.